The van der Waals surface area contributed by atoms with Gasteiger partial charge < -0.3 is 0 Å². The molecule has 1 heterocycles. The fourth-order valence-corrected chi connectivity index (χ4v) is 5.39. The first-order valence-electron chi connectivity index (χ1n) is 9.79. The number of nitro groups is 1. The number of thioether (sulfide) groups is 2. The molecule has 0 bridgehead atoms. The monoisotopic (exact) mass is 482 g/mol. The van der Waals surface area contributed by atoms with Gasteiger partial charge in [0.2, 0.25) is 0 Å². The highest BCUT2D eigenvalue weighted by Gasteiger charge is 2.20. The van der Waals surface area contributed by atoms with E-state index in [4.69, 9.17) is 11.6 Å². The number of nitro benzene ring substituents is 1. The number of hydrogen-bond acceptors (Lipinski definition) is 6. The molecular formula is C23H19ClN4O2S2. The van der Waals surface area contributed by atoms with Crippen LogP contribution in [-0.2, 0) is 17.3 Å². The van der Waals surface area contributed by atoms with E-state index in [0.717, 1.165) is 17.3 Å². The van der Waals surface area contributed by atoms with Crippen LogP contribution < -0.4 is 0 Å². The molecule has 0 saturated carbocycles. The van der Waals surface area contributed by atoms with Crippen molar-refractivity contribution in [3.8, 4) is 5.69 Å². The van der Waals surface area contributed by atoms with E-state index in [1.807, 2.05) is 53.1 Å². The SMILES string of the molecule is O=[N+]([O-])c1cccc(Cl)c1CSc1nnc(CSCc2ccccc2)n1-c1ccccc1. The van der Waals surface area contributed by atoms with Crippen LogP contribution in [-0.4, -0.2) is 19.7 Å². The number of nitrogens with zero attached hydrogens (tertiary/aromatic N) is 4. The Hall–Kier alpha value is -2.81. The van der Waals surface area contributed by atoms with E-state index in [-0.39, 0.29) is 5.69 Å². The van der Waals surface area contributed by atoms with E-state index in [9.17, 15) is 10.1 Å². The summed E-state index contributed by atoms with van der Waals surface area (Å²) >= 11 is 9.41. The Bertz CT molecular complexity index is 1200. The van der Waals surface area contributed by atoms with E-state index >= 15 is 0 Å². The minimum Gasteiger partial charge on any atom is -0.273 e. The van der Waals surface area contributed by atoms with Gasteiger partial charge in [0, 0.05) is 23.3 Å². The molecule has 0 N–H and O–H groups in total. The van der Waals surface area contributed by atoms with Crippen LogP contribution >= 0.6 is 35.1 Å². The molecular weight excluding hydrogens is 464 g/mol. The van der Waals surface area contributed by atoms with Crippen LogP contribution in [0.25, 0.3) is 5.69 Å². The molecule has 3 aromatic carbocycles. The van der Waals surface area contributed by atoms with Crippen molar-refractivity contribution in [3.63, 3.8) is 0 Å². The maximum atomic E-state index is 11.4. The second-order valence-corrected chi connectivity index (χ2v) is 9.17. The van der Waals surface area contributed by atoms with Crippen LogP contribution in [0, 0.1) is 10.1 Å². The molecule has 6 nitrogen and oxygen atoms in total. The molecule has 4 rings (SSSR count). The first kappa shape index (κ1) is 22.4. The molecule has 0 atom stereocenters. The topological polar surface area (TPSA) is 73.8 Å². The molecule has 32 heavy (non-hydrogen) atoms. The first-order chi connectivity index (χ1) is 15.6. The van der Waals surface area contributed by atoms with Gasteiger partial charge in [-0.05, 0) is 23.8 Å². The summed E-state index contributed by atoms with van der Waals surface area (Å²) in [5, 5.41) is 21.3. The number of hydrogen-bond donors (Lipinski definition) is 0. The summed E-state index contributed by atoms with van der Waals surface area (Å²) in [6.07, 6.45) is 0. The third-order valence-electron chi connectivity index (χ3n) is 4.69. The Morgan fingerprint density at radius 1 is 0.875 bits per heavy atom. The highest BCUT2D eigenvalue weighted by atomic mass is 35.5. The molecule has 162 valence electrons. The zero-order chi connectivity index (χ0) is 22.3. The highest BCUT2D eigenvalue weighted by Crippen LogP contribution is 2.33. The normalized spacial score (nSPS) is 10.9. The summed E-state index contributed by atoms with van der Waals surface area (Å²) in [6, 6.07) is 24.9. The van der Waals surface area contributed by atoms with Crippen molar-refractivity contribution in [3.05, 3.63) is 111 Å². The minimum absolute atomic E-state index is 0.00872. The van der Waals surface area contributed by atoms with E-state index in [1.54, 1.807) is 23.9 Å². The average Bonchev–Trinajstić information content (AvgIpc) is 3.22. The maximum absolute atomic E-state index is 11.4. The summed E-state index contributed by atoms with van der Waals surface area (Å²) < 4.78 is 2.01. The Labute approximate surface area is 199 Å². The second kappa shape index (κ2) is 10.7. The lowest BCUT2D eigenvalue weighted by molar-refractivity contribution is -0.385. The van der Waals surface area contributed by atoms with Crippen LogP contribution in [0.15, 0.2) is 84.0 Å². The third kappa shape index (κ3) is 5.32. The summed E-state index contributed by atoms with van der Waals surface area (Å²) in [6.45, 7) is 0. The molecule has 0 aliphatic carbocycles. The van der Waals surface area contributed by atoms with Crippen molar-refractivity contribution in [2.24, 2.45) is 0 Å². The number of aromatic nitrogens is 3. The zero-order valence-corrected chi connectivity index (χ0v) is 19.3. The number of benzene rings is 3. The van der Waals surface area contributed by atoms with Crippen LogP contribution in [0.3, 0.4) is 0 Å². The molecule has 0 saturated heterocycles. The standard InChI is InChI=1S/C23H19ClN4O2S2/c24-20-12-7-13-21(28(29)30)19(20)15-32-23-26-25-22(27(23)18-10-5-2-6-11-18)16-31-14-17-8-3-1-4-9-17/h1-13H,14-16H2. The predicted molar refractivity (Wildman–Crippen MR) is 130 cm³/mol. The lowest BCUT2D eigenvalue weighted by Gasteiger charge is -2.11. The van der Waals surface area contributed by atoms with E-state index in [2.05, 4.69) is 22.3 Å². The number of para-hydroxylation sites is 1. The van der Waals surface area contributed by atoms with Gasteiger partial charge in [-0.3, -0.25) is 14.7 Å². The molecule has 9 heteroatoms. The molecule has 0 spiro atoms. The second-order valence-electron chi connectivity index (χ2n) is 6.83. The number of rotatable bonds is 9. The average molecular weight is 483 g/mol. The largest absolute Gasteiger partial charge is 0.274 e. The van der Waals surface area contributed by atoms with Gasteiger partial charge >= 0.3 is 0 Å². The van der Waals surface area contributed by atoms with E-state index in [0.29, 0.717) is 27.2 Å². The Balaban J connectivity index is 1.57. The summed E-state index contributed by atoms with van der Waals surface area (Å²) in [7, 11) is 0. The molecule has 0 aliphatic rings. The highest BCUT2D eigenvalue weighted by molar-refractivity contribution is 7.98. The minimum atomic E-state index is -0.407. The van der Waals surface area contributed by atoms with Gasteiger partial charge in [-0.2, -0.15) is 0 Å². The Kier molecular flexibility index (Phi) is 7.47. The quantitative estimate of drug-likeness (QED) is 0.153. The van der Waals surface area contributed by atoms with Gasteiger partial charge in [-0.25, -0.2) is 0 Å². The van der Waals surface area contributed by atoms with Gasteiger partial charge in [-0.1, -0.05) is 78.0 Å². The van der Waals surface area contributed by atoms with Crippen LogP contribution in [0.5, 0.6) is 0 Å². The lowest BCUT2D eigenvalue weighted by atomic mass is 10.2. The van der Waals surface area contributed by atoms with E-state index < -0.39 is 4.92 Å². The fourth-order valence-electron chi connectivity index (χ4n) is 3.16. The molecule has 0 fully saturated rings. The van der Waals surface area contributed by atoms with Crippen molar-refractivity contribution in [2.75, 3.05) is 0 Å². The molecule has 0 aliphatic heterocycles. The van der Waals surface area contributed by atoms with E-state index in [1.165, 1.54) is 23.4 Å². The van der Waals surface area contributed by atoms with Crippen molar-refractivity contribution >= 4 is 40.8 Å². The lowest BCUT2D eigenvalue weighted by Crippen LogP contribution is -2.02. The third-order valence-corrected chi connectivity index (χ3v) is 7.00. The first-order valence-corrected chi connectivity index (χ1v) is 12.3. The van der Waals surface area contributed by atoms with Crippen molar-refractivity contribution in [1.82, 2.24) is 14.8 Å². The van der Waals surface area contributed by atoms with Crippen LogP contribution in [0.2, 0.25) is 5.02 Å². The molecule has 1 aromatic heterocycles. The predicted octanol–water partition coefficient (Wildman–Crippen LogP) is 6.55. The van der Waals surface area contributed by atoms with Crippen molar-refractivity contribution < 1.29 is 4.92 Å². The fraction of sp³-hybridized carbons (Fsp3) is 0.130. The summed E-state index contributed by atoms with van der Waals surface area (Å²) in [5.74, 6) is 2.70. The van der Waals surface area contributed by atoms with Gasteiger partial charge in [0.25, 0.3) is 5.69 Å². The maximum Gasteiger partial charge on any atom is 0.274 e. The molecule has 0 amide bonds. The number of halogens is 1. The van der Waals surface area contributed by atoms with Crippen LogP contribution in [0.1, 0.15) is 17.0 Å². The van der Waals surface area contributed by atoms with Gasteiger partial charge in [0.15, 0.2) is 5.16 Å². The molecule has 0 radical (unpaired) electrons. The molecule has 0 unspecified atom stereocenters. The van der Waals surface area contributed by atoms with Crippen molar-refractivity contribution in [1.29, 1.82) is 0 Å². The zero-order valence-electron chi connectivity index (χ0n) is 16.9. The Morgan fingerprint density at radius 3 is 2.31 bits per heavy atom. The van der Waals surface area contributed by atoms with Gasteiger partial charge in [0.05, 0.1) is 21.3 Å². The van der Waals surface area contributed by atoms with Crippen molar-refractivity contribution in [2.45, 2.75) is 22.4 Å². The molecule has 4 aromatic rings. The van der Waals surface area contributed by atoms with Gasteiger partial charge in [0.1, 0.15) is 5.82 Å². The summed E-state index contributed by atoms with van der Waals surface area (Å²) in [4.78, 5) is 11.0. The smallest absolute Gasteiger partial charge is 0.273 e. The van der Waals surface area contributed by atoms with Crippen LogP contribution in [0.4, 0.5) is 5.69 Å². The van der Waals surface area contributed by atoms with Gasteiger partial charge in [-0.15, -0.1) is 22.0 Å². The summed E-state index contributed by atoms with van der Waals surface area (Å²) in [5.41, 5.74) is 2.69. The Morgan fingerprint density at radius 2 is 1.59 bits per heavy atom.